The Morgan fingerprint density at radius 2 is 2.00 bits per heavy atom. The third-order valence-electron chi connectivity index (χ3n) is 6.38. The summed E-state index contributed by atoms with van der Waals surface area (Å²) in [5, 5.41) is 20.1. The van der Waals surface area contributed by atoms with E-state index in [2.05, 4.69) is 31.2 Å². The molecule has 3 rings (SSSR count). The maximum Gasteiger partial charge on any atom is 0.348 e. The molecule has 1 aromatic heterocycles. The van der Waals surface area contributed by atoms with E-state index in [0.29, 0.717) is 10.8 Å². The Kier molecular flexibility index (Phi) is 9.08. The van der Waals surface area contributed by atoms with E-state index < -0.39 is 6.10 Å². The molecule has 1 aliphatic rings. The molecule has 170 valence electrons. The van der Waals surface area contributed by atoms with Crippen LogP contribution in [0, 0.1) is 17.2 Å². The molecule has 1 aromatic carbocycles. The van der Waals surface area contributed by atoms with E-state index in [0.717, 1.165) is 68.1 Å². The number of carbonyl (C=O) groups excluding carboxylic acids is 1. The molecule has 0 saturated heterocycles. The highest BCUT2D eigenvalue weighted by atomic mass is 32.1. The highest BCUT2D eigenvalue weighted by Gasteiger charge is 2.31. The van der Waals surface area contributed by atoms with Crippen molar-refractivity contribution in [2.24, 2.45) is 5.92 Å². The summed E-state index contributed by atoms with van der Waals surface area (Å²) in [7, 11) is 1.40. The van der Waals surface area contributed by atoms with Gasteiger partial charge in [0.15, 0.2) is 0 Å². The van der Waals surface area contributed by atoms with Crippen LogP contribution in [0.25, 0.3) is 0 Å². The molecule has 0 amide bonds. The molecule has 2 aromatic rings. The number of nitriles is 1. The molecule has 0 radical (unpaired) electrons. The first-order valence-corrected chi connectivity index (χ1v) is 12.4. The van der Waals surface area contributed by atoms with Crippen LogP contribution in [-0.2, 0) is 11.2 Å². The molecule has 3 atom stereocenters. The third kappa shape index (κ3) is 6.09. The number of aliphatic hydroxyl groups excluding tert-OH is 1. The molecule has 0 spiro atoms. The minimum absolute atomic E-state index is 0.125. The van der Waals surface area contributed by atoms with Gasteiger partial charge in [-0.2, -0.15) is 5.26 Å². The number of hydrogen-bond acceptors (Lipinski definition) is 5. The fraction of sp³-hybridized carbons (Fsp3) is 0.481. The summed E-state index contributed by atoms with van der Waals surface area (Å²) in [6.45, 7) is 2.17. The summed E-state index contributed by atoms with van der Waals surface area (Å²) < 4.78 is 4.79. The van der Waals surface area contributed by atoms with Gasteiger partial charge >= 0.3 is 5.97 Å². The van der Waals surface area contributed by atoms with Gasteiger partial charge in [0.2, 0.25) is 0 Å². The van der Waals surface area contributed by atoms with Crippen molar-refractivity contribution in [3.63, 3.8) is 0 Å². The predicted octanol–water partition coefficient (Wildman–Crippen LogP) is 6.72. The highest BCUT2D eigenvalue weighted by Crippen LogP contribution is 2.42. The fourth-order valence-corrected chi connectivity index (χ4v) is 5.56. The van der Waals surface area contributed by atoms with E-state index in [1.165, 1.54) is 23.3 Å². The van der Waals surface area contributed by atoms with Gasteiger partial charge in [0, 0.05) is 16.4 Å². The Morgan fingerprint density at radius 1 is 1.22 bits per heavy atom. The van der Waals surface area contributed by atoms with Gasteiger partial charge in [-0.3, -0.25) is 0 Å². The van der Waals surface area contributed by atoms with E-state index in [-0.39, 0.29) is 11.9 Å². The van der Waals surface area contributed by atoms with Crippen molar-refractivity contribution in [1.82, 2.24) is 0 Å². The molecule has 3 unspecified atom stereocenters. The Morgan fingerprint density at radius 3 is 2.69 bits per heavy atom. The molecule has 1 heterocycles. The molecular weight excluding hydrogens is 418 g/mol. The van der Waals surface area contributed by atoms with Crippen LogP contribution in [0.15, 0.2) is 48.0 Å². The first kappa shape index (κ1) is 24.2. The molecule has 0 aliphatic heterocycles. The topological polar surface area (TPSA) is 70.3 Å². The van der Waals surface area contributed by atoms with Gasteiger partial charge < -0.3 is 9.84 Å². The summed E-state index contributed by atoms with van der Waals surface area (Å²) >= 11 is 1.50. The van der Waals surface area contributed by atoms with Gasteiger partial charge in [0.25, 0.3) is 0 Å². The van der Waals surface area contributed by atoms with Crippen LogP contribution in [0.1, 0.15) is 89.6 Å². The number of aliphatic hydroxyl groups is 1. The van der Waals surface area contributed by atoms with Gasteiger partial charge in [-0.1, -0.05) is 56.5 Å². The smallest absolute Gasteiger partial charge is 0.348 e. The Hall–Kier alpha value is -2.42. The lowest BCUT2D eigenvalue weighted by molar-refractivity contribution is 0.0606. The minimum atomic E-state index is -0.415. The van der Waals surface area contributed by atoms with E-state index in [4.69, 9.17) is 4.74 Å². The monoisotopic (exact) mass is 451 g/mol. The van der Waals surface area contributed by atoms with Gasteiger partial charge in [0.05, 0.1) is 19.3 Å². The quantitative estimate of drug-likeness (QED) is 0.304. The van der Waals surface area contributed by atoms with Crippen molar-refractivity contribution in [3.05, 3.63) is 68.9 Å². The van der Waals surface area contributed by atoms with Crippen LogP contribution in [-0.4, -0.2) is 18.2 Å². The normalized spacial score (nSPS) is 18.8. The average Bonchev–Trinajstić information content (AvgIpc) is 3.46. The molecule has 1 N–H and O–H groups in total. The number of nitrogens with zero attached hydrogens (tertiary/aromatic N) is 1. The van der Waals surface area contributed by atoms with Gasteiger partial charge in [0.1, 0.15) is 4.88 Å². The summed E-state index contributed by atoms with van der Waals surface area (Å²) in [4.78, 5) is 13.5. The van der Waals surface area contributed by atoms with Crippen molar-refractivity contribution < 1.29 is 14.6 Å². The number of benzene rings is 1. The number of unbranched alkanes of at least 4 members (excludes halogenated alkanes) is 2. The highest BCUT2D eigenvalue weighted by molar-refractivity contribution is 7.13. The van der Waals surface area contributed by atoms with Gasteiger partial charge in [-0.05, 0) is 61.3 Å². The van der Waals surface area contributed by atoms with Gasteiger partial charge in [-0.25, -0.2) is 4.79 Å². The first-order chi connectivity index (χ1) is 15.6. The minimum Gasteiger partial charge on any atom is -0.465 e. The molecule has 32 heavy (non-hydrogen) atoms. The van der Waals surface area contributed by atoms with E-state index in [1.807, 2.05) is 24.3 Å². The summed E-state index contributed by atoms with van der Waals surface area (Å²) in [6, 6.07) is 14.5. The zero-order valence-corrected chi connectivity index (χ0v) is 19.9. The van der Waals surface area contributed by atoms with Crippen molar-refractivity contribution in [3.8, 4) is 6.07 Å². The summed E-state index contributed by atoms with van der Waals surface area (Å²) in [5.41, 5.74) is 2.98. The van der Waals surface area contributed by atoms with Crippen LogP contribution in [0.2, 0.25) is 0 Å². The zero-order chi connectivity index (χ0) is 22.9. The number of esters is 1. The maximum atomic E-state index is 11.6. The molecule has 5 heteroatoms. The first-order valence-electron chi connectivity index (χ1n) is 11.6. The van der Waals surface area contributed by atoms with Crippen LogP contribution >= 0.6 is 11.3 Å². The van der Waals surface area contributed by atoms with Crippen LogP contribution in [0.5, 0.6) is 0 Å². The molecule has 0 saturated carbocycles. The number of allylic oxidation sites excluding steroid dienone is 2. The lowest BCUT2D eigenvalue weighted by atomic mass is 9.82. The molecule has 0 fully saturated rings. The fourth-order valence-electron chi connectivity index (χ4n) is 4.59. The van der Waals surface area contributed by atoms with Crippen LogP contribution in [0.3, 0.4) is 0 Å². The number of ether oxygens (including phenoxy) is 1. The Balaban J connectivity index is 1.60. The molecule has 1 aliphatic carbocycles. The summed E-state index contributed by atoms with van der Waals surface area (Å²) in [6.07, 6.45) is 9.69. The SMILES string of the molecule is CCCCCC(O)c1ccc(C2C(C#N)=CCC2CCCc2ccc(C(=O)OC)s2)cc1. The van der Waals surface area contributed by atoms with Crippen molar-refractivity contribution >= 4 is 17.3 Å². The van der Waals surface area contributed by atoms with E-state index in [1.54, 1.807) is 0 Å². The van der Waals surface area contributed by atoms with E-state index in [9.17, 15) is 15.2 Å². The zero-order valence-electron chi connectivity index (χ0n) is 19.0. The van der Waals surface area contributed by atoms with Crippen molar-refractivity contribution in [2.45, 2.75) is 70.3 Å². The van der Waals surface area contributed by atoms with Crippen LogP contribution in [0.4, 0.5) is 0 Å². The average molecular weight is 452 g/mol. The molecule has 4 nitrogen and oxygen atoms in total. The Labute approximate surface area is 195 Å². The maximum absolute atomic E-state index is 11.6. The van der Waals surface area contributed by atoms with Crippen molar-refractivity contribution in [1.29, 1.82) is 5.26 Å². The second-order valence-electron chi connectivity index (χ2n) is 8.57. The number of carbonyl (C=O) groups is 1. The molecular formula is C27H33NO3S. The van der Waals surface area contributed by atoms with Crippen LogP contribution < -0.4 is 0 Å². The molecule has 0 bridgehead atoms. The largest absolute Gasteiger partial charge is 0.465 e. The number of thiophene rings is 1. The predicted molar refractivity (Wildman–Crippen MR) is 129 cm³/mol. The van der Waals surface area contributed by atoms with E-state index >= 15 is 0 Å². The second-order valence-corrected chi connectivity index (χ2v) is 9.74. The summed E-state index contributed by atoms with van der Waals surface area (Å²) in [5.74, 6) is 0.254. The van der Waals surface area contributed by atoms with Gasteiger partial charge in [-0.15, -0.1) is 11.3 Å². The lowest BCUT2D eigenvalue weighted by Crippen LogP contribution is -2.10. The lowest BCUT2D eigenvalue weighted by Gasteiger charge is -2.22. The number of aryl methyl sites for hydroxylation is 1. The Bertz CT molecular complexity index is 954. The number of hydrogen-bond donors (Lipinski definition) is 1. The second kappa shape index (κ2) is 12.0. The number of methoxy groups -OCH3 is 1. The van der Waals surface area contributed by atoms with Crippen molar-refractivity contribution in [2.75, 3.05) is 7.11 Å². The standard InChI is InChI=1S/C27H33NO3S/c1-3-4-5-9-24(29)19-10-12-21(13-11-19)26-20(14-15-22(26)18-28)7-6-8-23-16-17-25(32-23)27(30)31-2/h10-13,15-17,20,24,26,29H,3-9,14H2,1-2H3. The third-order valence-corrected chi connectivity index (χ3v) is 7.51. The number of rotatable bonds is 11.